The lowest BCUT2D eigenvalue weighted by atomic mass is 9.91. The van der Waals surface area contributed by atoms with Crippen molar-refractivity contribution in [1.29, 1.82) is 0 Å². The largest absolute Gasteiger partial charge is 0.370 e. The summed E-state index contributed by atoms with van der Waals surface area (Å²) in [5.41, 5.74) is 11.0. The van der Waals surface area contributed by atoms with E-state index >= 15 is 0 Å². The maximum absolute atomic E-state index is 11.9. The van der Waals surface area contributed by atoms with Gasteiger partial charge >= 0.3 is 0 Å². The van der Waals surface area contributed by atoms with Gasteiger partial charge in [0.05, 0.1) is 12.2 Å². The van der Waals surface area contributed by atoms with Gasteiger partial charge in [-0.1, -0.05) is 26.8 Å². The number of guanidine groups is 1. The van der Waals surface area contributed by atoms with Crippen molar-refractivity contribution in [2.45, 2.75) is 20.8 Å². The number of nitrogens with zero attached hydrogens (tertiary/aromatic N) is 1. The van der Waals surface area contributed by atoms with Crippen LogP contribution in [0.3, 0.4) is 0 Å². The Bertz CT molecular complexity index is 540. The highest BCUT2D eigenvalue weighted by atomic mass is 16.2. The fourth-order valence-corrected chi connectivity index (χ4v) is 1.39. The third-order valence-electron chi connectivity index (χ3n) is 2.61. The van der Waals surface area contributed by atoms with Gasteiger partial charge in [0.25, 0.3) is 5.91 Å². The average molecular weight is 276 g/mol. The number of carbonyl (C=O) groups is 2. The molecule has 0 heterocycles. The van der Waals surface area contributed by atoms with Crippen LogP contribution in [0.25, 0.3) is 0 Å². The lowest BCUT2D eigenvalue weighted by molar-refractivity contribution is -0.125. The number of aliphatic imine (C=N–C) groups is 1. The molecule has 108 valence electrons. The van der Waals surface area contributed by atoms with Gasteiger partial charge in [-0.05, 0) is 18.2 Å². The zero-order valence-corrected chi connectivity index (χ0v) is 11.9. The van der Waals surface area contributed by atoms with Gasteiger partial charge in [0, 0.05) is 11.0 Å². The van der Waals surface area contributed by atoms with Crippen molar-refractivity contribution in [3.8, 4) is 0 Å². The highest BCUT2D eigenvalue weighted by molar-refractivity contribution is 5.98. The summed E-state index contributed by atoms with van der Waals surface area (Å²) in [5.74, 6) is -0.452. The van der Waals surface area contributed by atoms with Crippen molar-refractivity contribution in [1.82, 2.24) is 5.32 Å². The summed E-state index contributed by atoms with van der Waals surface area (Å²) >= 11 is 0. The molecule has 0 unspecified atom stereocenters. The summed E-state index contributed by atoms with van der Waals surface area (Å²) in [7, 11) is 0. The Labute approximate surface area is 118 Å². The van der Waals surface area contributed by atoms with Crippen LogP contribution in [-0.4, -0.2) is 24.2 Å². The van der Waals surface area contributed by atoms with E-state index in [2.05, 4.69) is 10.3 Å². The van der Waals surface area contributed by atoms with Gasteiger partial charge in [-0.25, -0.2) is 4.99 Å². The van der Waals surface area contributed by atoms with E-state index in [-0.39, 0.29) is 24.2 Å². The van der Waals surface area contributed by atoms with Crippen LogP contribution in [0.1, 0.15) is 31.1 Å². The summed E-state index contributed by atoms with van der Waals surface area (Å²) in [6.07, 6.45) is 0. The summed E-state index contributed by atoms with van der Waals surface area (Å²) < 4.78 is 0. The Morgan fingerprint density at radius 3 is 2.45 bits per heavy atom. The van der Waals surface area contributed by atoms with E-state index < -0.39 is 5.41 Å². The predicted octanol–water partition coefficient (Wildman–Crippen LogP) is 0.936. The van der Waals surface area contributed by atoms with Crippen molar-refractivity contribution >= 4 is 23.3 Å². The molecule has 1 aromatic carbocycles. The van der Waals surface area contributed by atoms with Crippen molar-refractivity contribution in [3.63, 3.8) is 0 Å². The van der Waals surface area contributed by atoms with E-state index in [1.54, 1.807) is 45.0 Å². The van der Waals surface area contributed by atoms with Gasteiger partial charge in [0.15, 0.2) is 11.7 Å². The van der Waals surface area contributed by atoms with Crippen molar-refractivity contribution in [2.24, 2.45) is 21.9 Å². The van der Waals surface area contributed by atoms with E-state index in [1.165, 1.54) is 0 Å². The molecule has 0 aliphatic rings. The first-order chi connectivity index (χ1) is 9.20. The molecule has 0 saturated carbocycles. The van der Waals surface area contributed by atoms with Crippen LogP contribution in [0.15, 0.2) is 29.3 Å². The van der Waals surface area contributed by atoms with Crippen LogP contribution in [-0.2, 0) is 4.79 Å². The van der Waals surface area contributed by atoms with Crippen molar-refractivity contribution in [2.75, 3.05) is 6.54 Å². The number of hydrogen-bond donors (Lipinski definition) is 3. The number of amides is 1. The summed E-state index contributed by atoms with van der Waals surface area (Å²) in [6, 6.07) is 6.53. The third kappa shape index (κ3) is 4.72. The van der Waals surface area contributed by atoms with Crippen LogP contribution < -0.4 is 16.8 Å². The van der Waals surface area contributed by atoms with Crippen LogP contribution >= 0.6 is 0 Å². The van der Waals surface area contributed by atoms with Crippen LogP contribution in [0, 0.1) is 5.41 Å². The molecule has 0 aromatic heterocycles. The van der Waals surface area contributed by atoms with Gasteiger partial charge in [0.1, 0.15) is 0 Å². The number of carbonyl (C=O) groups excluding carboxylic acids is 2. The lowest BCUT2D eigenvalue weighted by Gasteiger charge is -2.16. The van der Waals surface area contributed by atoms with E-state index in [4.69, 9.17) is 11.5 Å². The summed E-state index contributed by atoms with van der Waals surface area (Å²) in [6.45, 7) is 5.41. The Kier molecular flexibility index (Phi) is 4.85. The molecule has 0 atom stereocenters. The molecule has 1 rings (SSSR count). The number of nitrogens with one attached hydrogen (secondary N) is 1. The molecule has 0 saturated heterocycles. The fourth-order valence-electron chi connectivity index (χ4n) is 1.39. The smallest absolute Gasteiger partial charge is 0.251 e. The van der Waals surface area contributed by atoms with Crippen molar-refractivity contribution in [3.05, 3.63) is 29.8 Å². The molecule has 5 N–H and O–H groups in total. The summed E-state index contributed by atoms with van der Waals surface area (Å²) in [4.78, 5) is 27.5. The van der Waals surface area contributed by atoms with Gasteiger partial charge in [-0.15, -0.1) is 0 Å². The number of benzene rings is 1. The van der Waals surface area contributed by atoms with E-state index in [1.807, 2.05) is 0 Å². The molecular weight excluding hydrogens is 256 g/mol. The maximum atomic E-state index is 11.9. The zero-order valence-electron chi connectivity index (χ0n) is 11.9. The average Bonchev–Trinajstić information content (AvgIpc) is 2.33. The molecule has 0 bridgehead atoms. The highest BCUT2D eigenvalue weighted by Crippen LogP contribution is 2.15. The molecule has 6 heteroatoms. The van der Waals surface area contributed by atoms with Gasteiger partial charge in [-0.2, -0.15) is 0 Å². The number of nitrogens with two attached hydrogens (primary N) is 2. The van der Waals surface area contributed by atoms with Crippen molar-refractivity contribution < 1.29 is 9.59 Å². The fraction of sp³-hybridized carbons (Fsp3) is 0.357. The lowest BCUT2D eigenvalue weighted by Crippen LogP contribution is -2.35. The standard InChI is InChI=1S/C14H20N4O2/c1-14(2,3)11(19)8-17-12(20)9-5-4-6-10(7-9)18-13(15)16/h4-7H,8H2,1-3H3,(H,17,20)(H4,15,16,18). The first-order valence-corrected chi connectivity index (χ1v) is 6.21. The monoisotopic (exact) mass is 276 g/mol. The van der Waals surface area contributed by atoms with Crippen LogP contribution in [0.2, 0.25) is 0 Å². The molecule has 0 spiro atoms. The van der Waals surface area contributed by atoms with Gasteiger partial charge < -0.3 is 16.8 Å². The molecule has 20 heavy (non-hydrogen) atoms. The van der Waals surface area contributed by atoms with Gasteiger partial charge in [-0.3, -0.25) is 9.59 Å². The minimum Gasteiger partial charge on any atom is -0.370 e. The molecular formula is C14H20N4O2. The topological polar surface area (TPSA) is 111 Å². The molecule has 6 nitrogen and oxygen atoms in total. The normalized spacial score (nSPS) is 10.8. The number of hydrogen-bond acceptors (Lipinski definition) is 3. The Balaban J connectivity index is 2.74. The highest BCUT2D eigenvalue weighted by Gasteiger charge is 2.21. The SMILES string of the molecule is CC(C)(C)C(=O)CNC(=O)c1cccc(N=C(N)N)c1. The second-order valence-electron chi connectivity index (χ2n) is 5.44. The zero-order chi connectivity index (χ0) is 15.3. The van der Waals surface area contributed by atoms with E-state index in [9.17, 15) is 9.59 Å². The second kappa shape index (κ2) is 6.18. The predicted molar refractivity (Wildman–Crippen MR) is 78.7 cm³/mol. The minimum absolute atomic E-state index is 0.00510. The van der Waals surface area contributed by atoms with Crippen LogP contribution in [0.5, 0.6) is 0 Å². The minimum atomic E-state index is -0.479. The second-order valence-corrected chi connectivity index (χ2v) is 5.44. The number of ketones is 1. The summed E-state index contributed by atoms with van der Waals surface area (Å²) in [5, 5.41) is 2.59. The molecule has 1 aromatic rings. The first-order valence-electron chi connectivity index (χ1n) is 6.21. The number of Topliss-reactive ketones (excluding diaryl/α,β-unsaturated/α-hetero) is 1. The number of rotatable bonds is 4. The van der Waals surface area contributed by atoms with Gasteiger partial charge in [0.2, 0.25) is 0 Å². The van der Waals surface area contributed by atoms with E-state index in [0.29, 0.717) is 11.3 Å². The Morgan fingerprint density at radius 1 is 1.25 bits per heavy atom. The Morgan fingerprint density at radius 2 is 1.90 bits per heavy atom. The molecule has 0 fully saturated rings. The molecule has 0 aliphatic heterocycles. The molecule has 0 radical (unpaired) electrons. The first kappa shape index (κ1) is 15.7. The molecule has 1 amide bonds. The third-order valence-corrected chi connectivity index (χ3v) is 2.61. The Hall–Kier alpha value is -2.37. The molecule has 0 aliphatic carbocycles. The van der Waals surface area contributed by atoms with Crippen LogP contribution in [0.4, 0.5) is 5.69 Å². The van der Waals surface area contributed by atoms with E-state index in [0.717, 1.165) is 0 Å². The quantitative estimate of drug-likeness (QED) is 0.561. The maximum Gasteiger partial charge on any atom is 0.251 e.